The number of carbonyl (C=O) groups excluding carboxylic acids is 1. The SMILES string of the molecule is CC1CNCCN(c2ccc(Nc3ncc4c(n3)N3C(C=C4)C(=O)NCC34CCCCC4)nc2)CCCO1. The summed E-state index contributed by atoms with van der Waals surface area (Å²) in [6, 6.07) is 3.74. The van der Waals surface area contributed by atoms with Crippen LogP contribution in [0.2, 0.25) is 0 Å². The summed E-state index contributed by atoms with van der Waals surface area (Å²) in [5, 5.41) is 9.92. The molecular weight excluding hydrogens is 480 g/mol. The summed E-state index contributed by atoms with van der Waals surface area (Å²) in [6.45, 7) is 7.17. The highest BCUT2D eigenvalue weighted by atomic mass is 16.5. The molecule has 3 N–H and O–H groups in total. The second-order valence-corrected chi connectivity index (χ2v) is 10.9. The van der Waals surface area contributed by atoms with Crippen LogP contribution in [0.15, 0.2) is 30.6 Å². The molecule has 1 aliphatic carbocycles. The van der Waals surface area contributed by atoms with E-state index in [1.54, 1.807) is 0 Å². The van der Waals surface area contributed by atoms with Crippen LogP contribution >= 0.6 is 0 Å². The summed E-state index contributed by atoms with van der Waals surface area (Å²) < 4.78 is 5.84. The lowest BCUT2D eigenvalue weighted by Gasteiger charge is -2.54. The number of ether oxygens (including phenoxy) is 1. The van der Waals surface area contributed by atoms with Gasteiger partial charge in [-0.1, -0.05) is 31.4 Å². The first-order valence-corrected chi connectivity index (χ1v) is 14.0. The summed E-state index contributed by atoms with van der Waals surface area (Å²) in [5.41, 5.74) is 1.94. The van der Waals surface area contributed by atoms with Crippen molar-refractivity contribution in [2.75, 3.05) is 54.4 Å². The third-order valence-electron chi connectivity index (χ3n) is 8.23. The Morgan fingerprint density at radius 3 is 2.84 bits per heavy atom. The van der Waals surface area contributed by atoms with E-state index >= 15 is 0 Å². The van der Waals surface area contributed by atoms with Crippen LogP contribution in [0, 0.1) is 0 Å². The fourth-order valence-electron chi connectivity index (χ4n) is 6.21. The second-order valence-electron chi connectivity index (χ2n) is 10.9. The van der Waals surface area contributed by atoms with Crippen LogP contribution < -0.4 is 25.8 Å². The van der Waals surface area contributed by atoms with E-state index in [4.69, 9.17) is 9.72 Å². The molecular formula is C28H38N8O2. The minimum atomic E-state index is -0.330. The summed E-state index contributed by atoms with van der Waals surface area (Å²) in [5.74, 6) is 2.06. The van der Waals surface area contributed by atoms with Gasteiger partial charge in [0.15, 0.2) is 0 Å². The van der Waals surface area contributed by atoms with Crippen LogP contribution in [0.1, 0.15) is 51.0 Å². The zero-order valence-electron chi connectivity index (χ0n) is 22.2. The van der Waals surface area contributed by atoms with Crippen molar-refractivity contribution in [3.63, 3.8) is 0 Å². The predicted molar refractivity (Wildman–Crippen MR) is 149 cm³/mol. The Kier molecular flexibility index (Phi) is 7.16. The number of pyridine rings is 1. The normalized spacial score (nSPS) is 25.3. The van der Waals surface area contributed by atoms with Crippen molar-refractivity contribution in [2.45, 2.75) is 63.1 Å². The monoisotopic (exact) mass is 518 g/mol. The van der Waals surface area contributed by atoms with Gasteiger partial charge in [0.2, 0.25) is 11.9 Å². The maximum atomic E-state index is 12.8. The molecule has 3 fully saturated rings. The van der Waals surface area contributed by atoms with Crippen molar-refractivity contribution < 1.29 is 9.53 Å². The molecule has 2 unspecified atom stereocenters. The molecule has 3 aliphatic heterocycles. The minimum Gasteiger partial charge on any atom is -0.377 e. The van der Waals surface area contributed by atoms with Crippen molar-refractivity contribution in [1.82, 2.24) is 25.6 Å². The summed E-state index contributed by atoms with van der Waals surface area (Å²) in [4.78, 5) is 31.6. The topological polar surface area (TPSA) is 108 Å². The first-order valence-electron chi connectivity index (χ1n) is 14.0. The number of carbonyl (C=O) groups is 1. The number of fused-ring (bicyclic) bond motifs is 4. The highest BCUT2D eigenvalue weighted by Crippen LogP contribution is 2.42. The number of hydrogen-bond donors (Lipinski definition) is 3. The number of nitrogens with one attached hydrogen (secondary N) is 3. The smallest absolute Gasteiger partial charge is 0.246 e. The van der Waals surface area contributed by atoms with E-state index in [0.717, 1.165) is 69.1 Å². The molecule has 10 nitrogen and oxygen atoms in total. The van der Waals surface area contributed by atoms with Gasteiger partial charge in [-0.3, -0.25) is 4.79 Å². The lowest BCUT2D eigenvalue weighted by molar-refractivity contribution is -0.123. The van der Waals surface area contributed by atoms with Crippen LogP contribution in [0.5, 0.6) is 0 Å². The first kappa shape index (κ1) is 25.1. The maximum Gasteiger partial charge on any atom is 0.246 e. The molecule has 0 radical (unpaired) electrons. The second kappa shape index (κ2) is 10.9. The quantitative estimate of drug-likeness (QED) is 0.565. The average Bonchev–Trinajstić information content (AvgIpc) is 2.95. The molecule has 38 heavy (non-hydrogen) atoms. The van der Waals surface area contributed by atoms with Gasteiger partial charge < -0.3 is 30.5 Å². The molecule has 1 amide bonds. The Morgan fingerprint density at radius 2 is 2.00 bits per heavy atom. The van der Waals surface area contributed by atoms with E-state index < -0.39 is 0 Å². The van der Waals surface area contributed by atoms with Gasteiger partial charge in [-0.25, -0.2) is 9.97 Å². The first-order chi connectivity index (χ1) is 18.6. The molecule has 2 saturated heterocycles. The van der Waals surface area contributed by atoms with Gasteiger partial charge in [-0.2, -0.15) is 4.98 Å². The molecule has 0 bridgehead atoms. The summed E-state index contributed by atoms with van der Waals surface area (Å²) >= 11 is 0. The van der Waals surface area contributed by atoms with Crippen LogP contribution in [0.4, 0.5) is 23.3 Å². The van der Waals surface area contributed by atoms with Crippen LogP contribution in [-0.2, 0) is 9.53 Å². The lowest BCUT2D eigenvalue weighted by Crippen LogP contribution is -2.69. The van der Waals surface area contributed by atoms with Gasteiger partial charge >= 0.3 is 0 Å². The predicted octanol–water partition coefficient (Wildman–Crippen LogP) is 2.85. The highest BCUT2D eigenvalue weighted by Gasteiger charge is 2.49. The van der Waals surface area contributed by atoms with Gasteiger partial charge in [0, 0.05) is 51.1 Å². The van der Waals surface area contributed by atoms with Crippen LogP contribution in [0.25, 0.3) is 6.08 Å². The van der Waals surface area contributed by atoms with Crippen LogP contribution in [-0.4, -0.2) is 77.9 Å². The molecule has 10 heteroatoms. The minimum absolute atomic E-state index is 0.0419. The van der Waals surface area contributed by atoms with Crippen LogP contribution in [0.3, 0.4) is 0 Å². The lowest BCUT2D eigenvalue weighted by atomic mass is 9.77. The van der Waals surface area contributed by atoms with E-state index in [-0.39, 0.29) is 23.6 Å². The largest absolute Gasteiger partial charge is 0.377 e. The number of nitrogens with zero attached hydrogens (tertiary/aromatic N) is 5. The molecule has 5 heterocycles. The molecule has 2 atom stereocenters. The number of piperazine rings is 1. The van der Waals surface area contributed by atoms with Crippen molar-refractivity contribution in [3.8, 4) is 0 Å². The van der Waals surface area contributed by atoms with Gasteiger partial charge in [-0.05, 0) is 38.3 Å². The van der Waals surface area contributed by atoms with Crippen molar-refractivity contribution in [2.24, 2.45) is 0 Å². The summed E-state index contributed by atoms with van der Waals surface area (Å²) in [7, 11) is 0. The van der Waals surface area contributed by atoms with Crippen molar-refractivity contribution >= 4 is 35.3 Å². The van der Waals surface area contributed by atoms with Gasteiger partial charge in [-0.15, -0.1) is 0 Å². The molecule has 2 aromatic heterocycles. The molecule has 1 saturated carbocycles. The van der Waals surface area contributed by atoms with Gasteiger partial charge in [0.05, 0.1) is 23.5 Å². The standard InChI is InChI=1S/C28H38N8O2/c1-20-16-29-12-14-35(13-5-15-38-20)22-7-9-24(30-18-22)33-27-31-17-21-6-8-23-26(37)32-19-28(10-3-2-4-11-28)36(23)25(21)34-27/h6-9,17-18,20,23,29H,2-5,10-16,19H2,1H3,(H,32,37)(H,30,31,33,34). The zero-order chi connectivity index (χ0) is 26.0. The number of hydrogen-bond acceptors (Lipinski definition) is 9. The van der Waals surface area contributed by atoms with E-state index in [0.29, 0.717) is 18.3 Å². The molecule has 202 valence electrons. The van der Waals surface area contributed by atoms with E-state index in [2.05, 4.69) is 48.7 Å². The van der Waals surface area contributed by atoms with E-state index in [1.807, 2.05) is 30.6 Å². The highest BCUT2D eigenvalue weighted by molar-refractivity contribution is 5.93. The zero-order valence-corrected chi connectivity index (χ0v) is 22.2. The Morgan fingerprint density at radius 1 is 1.11 bits per heavy atom. The van der Waals surface area contributed by atoms with Crippen molar-refractivity contribution in [3.05, 3.63) is 36.2 Å². The third kappa shape index (κ3) is 5.07. The Bertz CT molecular complexity index is 1150. The molecule has 4 aliphatic rings. The summed E-state index contributed by atoms with van der Waals surface area (Å²) in [6.07, 6.45) is 14.7. The average molecular weight is 519 g/mol. The van der Waals surface area contributed by atoms with Crippen molar-refractivity contribution in [1.29, 1.82) is 0 Å². The third-order valence-corrected chi connectivity index (χ3v) is 8.23. The maximum absolute atomic E-state index is 12.8. The molecule has 1 spiro atoms. The fourth-order valence-corrected chi connectivity index (χ4v) is 6.21. The number of amides is 1. The van der Waals surface area contributed by atoms with E-state index in [1.165, 1.54) is 19.3 Å². The fraction of sp³-hybridized carbons (Fsp3) is 0.571. The number of anilines is 4. The number of aromatic nitrogens is 3. The Hall–Kier alpha value is -3.24. The number of rotatable bonds is 3. The van der Waals surface area contributed by atoms with Gasteiger partial charge in [0.25, 0.3) is 0 Å². The Balaban J connectivity index is 1.19. The van der Waals surface area contributed by atoms with E-state index in [9.17, 15) is 4.79 Å². The molecule has 2 aromatic rings. The molecule has 6 rings (SSSR count). The van der Waals surface area contributed by atoms with Gasteiger partial charge in [0.1, 0.15) is 17.7 Å². The molecule has 0 aromatic carbocycles. The Labute approximate surface area is 224 Å².